The van der Waals surface area contributed by atoms with Crippen LogP contribution in [0.3, 0.4) is 0 Å². The average Bonchev–Trinajstić information content (AvgIpc) is 3.11. The van der Waals surface area contributed by atoms with Gasteiger partial charge in [0.25, 0.3) is 0 Å². The number of ether oxygens (including phenoxy) is 2. The van der Waals surface area contributed by atoms with Crippen LogP contribution in [-0.2, 0) is 9.47 Å². The Morgan fingerprint density at radius 3 is 2.54 bits per heavy atom. The van der Waals surface area contributed by atoms with Crippen molar-refractivity contribution in [2.45, 2.75) is 32.7 Å². The van der Waals surface area contributed by atoms with Crippen molar-refractivity contribution < 1.29 is 14.3 Å². The molecule has 0 saturated carbocycles. The van der Waals surface area contributed by atoms with Gasteiger partial charge in [0.1, 0.15) is 0 Å². The molecule has 0 aromatic carbocycles. The Labute approximate surface area is 157 Å². The molecule has 1 N–H and O–H groups in total. The van der Waals surface area contributed by atoms with Crippen LogP contribution in [0.15, 0.2) is 4.99 Å². The van der Waals surface area contributed by atoms with E-state index in [9.17, 15) is 4.79 Å². The van der Waals surface area contributed by atoms with Gasteiger partial charge in [-0.1, -0.05) is 0 Å². The van der Waals surface area contributed by atoms with Crippen molar-refractivity contribution in [3.05, 3.63) is 0 Å². The summed E-state index contributed by atoms with van der Waals surface area (Å²) in [6.45, 7) is 11.8. The molecule has 8 heteroatoms. The number of methoxy groups -OCH3 is 1. The fourth-order valence-electron chi connectivity index (χ4n) is 3.54. The van der Waals surface area contributed by atoms with Crippen molar-refractivity contribution in [1.29, 1.82) is 0 Å². The van der Waals surface area contributed by atoms with E-state index in [0.717, 1.165) is 51.8 Å². The van der Waals surface area contributed by atoms with Gasteiger partial charge in [0.05, 0.1) is 19.8 Å². The van der Waals surface area contributed by atoms with Crippen molar-refractivity contribution in [3.63, 3.8) is 0 Å². The fraction of sp³-hybridized carbons (Fsp3) is 0.889. The highest BCUT2D eigenvalue weighted by molar-refractivity contribution is 5.80. The topological polar surface area (TPSA) is 69.6 Å². The number of aliphatic imine (C=N–C) groups is 1. The molecule has 2 fully saturated rings. The van der Waals surface area contributed by atoms with Crippen molar-refractivity contribution in [1.82, 2.24) is 20.0 Å². The number of nitrogens with one attached hydrogen (secondary N) is 1. The van der Waals surface area contributed by atoms with E-state index in [-0.39, 0.29) is 6.09 Å². The monoisotopic (exact) mass is 369 g/mol. The first-order valence-electron chi connectivity index (χ1n) is 9.87. The first-order chi connectivity index (χ1) is 12.7. The lowest BCUT2D eigenvalue weighted by Gasteiger charge is -2.36. The first-order valence-corrected chi connectivity index (χ1v) is 9.87. The first kappa shape index (κ1) is 20.8. The van der Waals surface area contributed by atoms with Crippen LogP contribution in [0.25, 0.3) is 0 Å². The summed E-state index contributed by atoms with van der Waals surface area (Å²) >= 11 is 0. The third-order valence-corrected chi connectivity index (χ3v) is 4.97. The van der Waals surface area contributed by atoms with Crippen LogP contribution in [0.2, 0.25) is 0 Å². The number of piperazine rings is 1. The summed E-state index contributed by atoms with van der Waals surface area (Å²) in [5, 5.41) is 3.40. The lowest BCUT2D eigenvalue weighted by atomic mass is 10.2. The summed E-state index contributed by atoms with van der Waals surface area (Å²) in [7, 11) is 1.75. The van der Waals surface area contributed by atoms with Crippen molar-refractivity contribution in [2.24, 2.45) is 4.99 Å². The van der Waals surface area contributed by atoms with E-state index >= 15 is 0 Å². The van der Waals surface area contributed by atoms with Crippen molar-refractivity contribution in [2.75, 3.05) is 72.7 Å². The molecule has 2 rings (SSSR count). The molecule has 1 unspecified atom stereocenters. The molecule has 1 atom stereocenters. The van der Waals surface area contributed by atoms with Crippen molar-refractivity contribution in [3.8, 4) is 0 Å². The second-order valence-electron chi connectivity index (χ2n) is 6.69. The largest absolute Gasteiger partial charge is 0.450 e. The molecule has 0 bridgehead atoms. The second-order valence-corrected chi connectivity index (χ2v) is 6.69. The number of hydrogen-bond donors (Lipinski definition) is 1. The summed E-state index contributed by atoms with van der Waals surface area (Å²) in [6, 6.07) is 0.500. The minimum atomic E-state index is -0.214. The quantitative estimate of drug-likeness (QED) is 0.530. The van der Waals surface area contributed by atoms with Crippen molar-refractivity contribution >= 4 is 12.1 Å². The van der Waals surface area contributed by atoms with Gasteiger partial charge in [0.15, 0.2) is 5.96 Å². The molecular formula is C18H35N5O3. The van der Waals surface area contributed by atoms with Crippen LogP contribution in [-0.4, -0.2) is 105 Å². The summed E-state index contributed by atoms with van der Waals surface area (Å²) in [4.78, 5) is 23.2. The molecule has 2 aliphatic rings. The Morgan fingerprint density at radius 1 is 1.15 bits per heavy atom. The van der Waals surface area contributed by atoms with Crippen LogP contribution in [0.4, 0.5) is 4.79 Å². The second kappa shape index (κ2) is 11.2. The molecule has 0 aliphatic carbocycles. The van der Waals surface area contributed by atoms with Crippen LogP contribution in [0.5, 0.6) is 0 Å². The van der Waals surface area contributed by atoms with Gasteiger partial charge in [-0.15, -0.1) is 0 Å². The predicted octanol–water partition coefficient (Wildman–Crippen LogP) is 0.837. The van der Waals surface area contributed by atoms with Gasteiger partial charge in [-0.25, -0.2) is 4.79 Å². The Hall–Kier alpha value is -1.54. The van der Waals surface area contributed by atoms with Gasteiger partial charge >= 0.3 is 6.09 Å². The number of hydrogen-bond acceptors (Lipinski definition) is 5. The molecule has 2 aliphatic heterocycles. The number of amides is 1. The van der Waals surface area contributed by atoms with E-state index < -0.39 is 0 Å². The molecule has 0 spiro atoms. The molecular weight excluding hydrogens is 334 g/mol. The van der Waals surface area contributed by atoms with Crippen LogP contribution >= 0.6 is 0 Å². The number of nitrogens with zero attached hydrogens (tertiary/aromatic N) is 4. The van der Waals surface area contributed by atoms with E-state index in [2.05, 4.69) is 22.0 Å². The smallest absolute Gasteiger partial charge is 0.409 e. The predicted molar refractivity (Wildman–Crippen MR) is 103 cm³/mol. The van der Waals surface area contributed by atoms with E-state index in [0.29, 0.717) is 25.7 Å². The third-order valence-electron chi connectivity index (χ3n) is 4.97. The van der Waals surface area contributed by atoms with Gasteiger partial charge in [-0.3, -0.25) is 9.89 Å². The zero-order valence-corrected chi connectivity index (χ0v) is 16.6. The zero-order chi connectivity index (χ0) is 18.8. The summed E-state index contributed by atoms with van der Waals surface area (Å²) in [5.41, 5.74) is 0. The van der Waals surface area contributed by atoms with E-state index in [1.54, 1.807) is 12.0 Å². The maximum absolute atomic E-state index is 11.8. The Balaban J connectivity index is 1.87. The Morgan fingerprint density at radius 2 is 1.88 bits per heavy atom. The summed E-state index contributed by atoms with van der Waals surface area (Å²) < 4.78 is 10.3. The average molecular weight is 370 g/mol. The third kappa shape index (κ3) is 6.02. The lowest BCUT2D eigenvalue weighted by Crippen LogP contribution is -2.54. The standard InChI is InChI=1S/C18H35N5O3/c1-4-19-17(20-15-16-7-6-8-21(16)13-14-25-3)22-9-11-23(12-10-22)18(24)26-5-2/h16H,4-15H2,1-3H3,(H,19,20). The number of rotatable bonds is 7. The number of guanidine groups is 1. The molecule has 1 amide bonds. The van der Waals surface area contributed by atoms with Gasteiger partial charge in [-0.05, 0) is 33.2 Å². The molecule has 0 aromatic rings. The number of likely N-dealkylation sites (tertiary alicyclic amines) is 1. The Kier molecular flexibility index (Phi) is 8.97. The van der Waals surface area contributed by atoms with Crippen LogP contribution < -0.4 is 5.32 Å². The number of carbonyl (C=O) groups is 1. The Bertz CT molecular complexity index is 452. The minimum absolute atomic E-state index is 0.214. The molecule has 0 radical (unpaired) electrons. The van der Waals surface area contributed by atoms with Gasteiger partial charge < -0.3 is 24.6 Å². The van der Waals surface area contributed by atoms with Crippen LogP contribution in [0, 0.1) is 0 Å². The SMILES string of the molecule is CCNC(=NCC1CCCN1CCOC)N1CCN(C(=O)OCC)CC1. The van der Waals surface area contributed by atoms with E-state index in [4.69, 9.17) is 14.5 Å². The highest BCUT2D eigenvalue weighted by Crippen LogP contribution is 2.17. The zero-order valence-electron chi connectivity index (χ0n) is 16.6. The molecule has 2 heterocycles. The van der Waals surface area contributed by atoms with Crippen LogP contribution in [0.1, 0.15) is 26.7 Å². The highest BCUT2D eigenvalue weighted by Gasteiger charge is 2.26. The lowest BCUT2D eigenvalue weighted by molar-refractivity contribution is 0.0914. The van der Waals surface area contributed by atoms with E-state index in [1.165, 1.54) is 12.8 Å². The van der Waals surface area contributed by atoms with E-state index in [1.807, 2.05) is 6.92 Å². The molecule has 0 aromatic heterocycles. The van der Waals surface area contributed by atoms with Gasteiger partial charge in [0, 0.05) is 52.4 Å². The fourth-order valence-corrected chi connectivity index (χ4v) is 3.54. The minimum Gasteiger partial charge on any atom is -0.450 e. The normalized spacial score (nSPS) is 22.0. The molecule has 150 valence electrons. The summed E-state index contributed by atoms with van der Waals surface area (Å²) in [5.74, 6) is 0.953. The molecule has 26 heavy (non-hydrogen) atoms. The molecule has 8 nitrogen and oxygen atoms in total. The molecule has 2 saturated heterocycles. The van der Waals surface area contributed by atoms with Gasteiger partial charge in [0.2, 0.25) is 0 Å². The maximum Gasteiger partial charge on any atom is 0.409 e. The summed E-state index contributed by atoms with van der Waals surface area (Å²) in [6.07, 6.45) is 2.22. The van der Waals surface area contributed by atoms with Gasteiger partial charge in [-0.2, -0.15) is 0 Å². The highest BCUT2D eigenvalue weighted by atomic mass is 16.6. The number of carbonyl (C=O) groups excluding carboxylic acids is 1. The maximum atomic E-state index is 11.8.